The number of nitrogens with one attached hydrogen (secondary N) is 2. The van der Waals surface area contributed by atoms with Gasteiger partial charge in [0.2, 0.25) is 0 Å². The van der Waals surface area contributed by atoms with Crippen molar-refractivity contribution in [1.82, 2.24) is 5.32 Å². The minimum absolute atomic E-state index is 0.0303. The van der Waals surface area contributed by atoms with E-state index in [0.717, 1.165) is 22.3 Å². The number of morpholine rings is 1. The summed E-state index contributed by atoms with van der Waals surface area (Å²) in [6.45, 7) is -0.291. The molecule has 1 aliphatic rings. The third-order valence-electron chi connectivity index (χ3n) is 4.42. The van der Waals surface area contributed by atoms with Crippen LogP contribution in [0.25, 0.3) is 0 Å². The van der Waals surface area contributed by atoms with Crippen LogP contribution in [0.5, 0.6) is 0 Å². The SMILES string of the molecule is O=C(NCC(O)CNc1ccc(N2CCOCC2=O)c(C(F)(F)F)c1)c1ccc(Cl)s1. The molecule has 3 N–H and O–H groups in total. The van der Waals surface area contributed by atoms with E-state index >= 15 is 0 Å². The molecule has 0 bridgehead atoms. The lowest BCUT2D eigenvalue weighted by Gasteiger charge is -2.29. The zero-order chi connectivity index (χ0) is 22.6. The van der Waals surface area contributed by atoms with Crippen molar-refractivity contribution in [3.05, 3.63) is 45.1 Å². The van der Waals surface area contributed by atoms with Crippen LogP contribution in [0.15, 0.2) is 30.3 Å². The Bertz CT molecular complexity index is 954. The first-order valence-corrected chi connectivity index (χ1v) is 10.4. The summed E-state index contributed by atoms with van der Waals surface area (Å²) in [4.78, 5) is 25.3. The molecule has 12 heteroatoms. The van der Waals surface area contributed by atoms with Crippen LogP contribution in [0.1, 0.15) is 15.2 Å². The number of ether oxygens (including phenoxy) is 1. The number of hydrogen-bond donors (Lipinski definition) is 3. The van der Waals surface area contributed by atoms with E-state index in [1.165, 1.54) is 12.1 Å². The number of alkyl halides is 3. The highest BCUT2D eigenvalue weighted by molar-refractivity contribution is 7.17. The maximum Gasteiger partial charge on any atom is 0.418 e. The molecule has 1 atom stereocenters. The largest absolute Gasteiger partial charge is 0.418 e. The van der Waals surface area contributed by atoms with Crippen LogP contribution < -0.4 is 15.5 Å². The van der Waals surface area contributed by atoms with E-state index in [-0.39, 0.29) is 44.2 Å². The fraction of sp³-hybridized carbons (Fsp3) is 0.368. The number of aliphatic hydroxyl groups is 1. The van der Waals surface area contributed by atoms with Crippen molar-refractivity contribution in [2.45, 2.75) is 12.3 Å². The molecule has 31 heavy (non-hydrogen) atoms. The van der Waals surface area contributed by atoms with Gasteiger partial charge in [-0.05, 0) is 30.3 Å². The maximum absolute atomic E-state index is 13.6. The van der Waals surface area contributed by atoms with Gasteiger partial charge in [0.15, 0.2) is 0 Å². The molecule has 7 nitrogen and oxygen atoms in total. The molecule has 1 aromatic carbocycles. The summed E-state index contributed by atoms with van der Waals surface area (Å²) >= 11 is 6.86. The lowest BCUT2D eigenvalue weighted by Crippen LogP contribution is -2.42. The maximum atomic E-state index is 13.6. The van der Waals surface area contributed by atoms with Gasteiger partial charge in [0, 0.05) is 25.3 Å². The summed E-state index contributed by atoms with van der Waals surface area (Å²) < 4.78 is 46.2. The van der Waals surface area contributed by atoms with Crippen molar-refractivity contribution >= 4 is 46.1 Å². The molecule has 2 amide bonds. The average molecular weight is 478 g/mol. The van der Waals surface area contributed by atoms with Crippen LogP contribution in [0.3, 0.4) is 0 Å². The highest BCUT2D eigenvalue weighted by Crippen LogP contribution is 2.38. The smallest absolute Gasteiger partial charge is 0.389 e. The molecule has 1 unspecified atom stereocenters. The van der Waals surface area contributed by atoms with Gasteiger partial charge in [0.05, 0.1) is 33.2 Å². The zero-order valence-electron chi connectivity index (χ0n) is 16.0. The number of hydrogen-bond acceptors (Lipinski definition) is 6. The minimum Gasteiger partial charge on any atom is -0.389 e. The fourth-order valence-corrected chi connectivity index (χ4v) is 3.88. The van der Waals surface area contributed by atoms with E-state index in [1.54, 1.807) is 12.1 Å². The molecule has 1 aliphatic heterocycles. The van der Waals surface area contributed by atoms with Crippen molar-refractivity contribution in [2.75, 3.05) is 43.1 Å². The van der Waals surface area contributed by atoms with Gasteiger partial charge in [-0.2, -0.15) is 13.2 Å². The van der Waals surface area contributed by atoms with Crippen LogP contribution in [-0.4, -0.2) is 55.9 Å². The second-order valence-electron chi connectivity index (χ2n) is 6.68. The number of nitrogens with zero attached hydrogens (tertiary/aromatic N) is 1. The van der Waals surface area contributed by atoms with Gasteiger partial charge in [0.1, 0.15) is 6.61 Å². The molecular formula is C19H19ClF3N3O4S. The van der Waals surface area contributed by atoms with Gasteiger partial charge in [0.25, 0.3) is 11.8 Å². The van der Waals surface area contributed by atoms with Crippen molar-refractivity contribution in [3.63, 3.8) is 0 Å². The number of rotatable bonds is 7. The first kappa shape index (κ1) is 23.3. The summed E-state index contributed by atoms with van der Waals surface area (Å²) in [6, 6.07) is 6.62. The van der Waals surface area contributed by atoms with E-state index < -0.39 is 29.7 Å². The Labute approximate surface area is 184 Å². The van der Waals surface area contributed by atoms with Crippen molar-refractivity contribution in [3.8, 4) is 0 Å². The third-order valence-corrected chi connectivity index (χ3v) is 5.65. The molecule has 2 aromatic rings. The Hall–Kier alpha value is -2.34. The first-order chi connectivity index (χ1) is 14.6. The molecule has 0 saturated carbocycles. The second-order valence-corrected chi connectivity index (χ2v) is 8.39. The van der Waals surface area contributed by atoms with E-state index in [0.29, 0.717) is 9.21 Å². The monoisotopic (exact) mass is 477 g/mol. The van der Waals surface area contributed by atoms with Crippen molar-refractivity contribution in [2.24, 2.45) is 0 Å². The minimum atomic E-state index is -4.68. The van der Waals surface area contributed by atoms with E-state index in [4.69, 9.17) is 16.3 Å². The van der Waals surface area contributed by atoms with Crippen LogP contribution in [0.2, 0.25) is 4.34 Å². The van der Waals surface area contributed by atoms with Crippen LogP contribution in [-0.2, 0) is 15.7 Å². The fourth-order valence-electron chi connectivity index (χ4n) is 2.92. The lowest BCUT2D eigenvalue weighted by molar-refractivity contribution is -0.137. The van der Waals surface area contributed by atoms with Gasteiger partial charge in [-0.3, -0.25) is 9.59 Å². The van der Waals surface area contributed by atoms with E-state index in [9.17, 15) is 27.9 Å². The molecule has 1 aromatic heterocycles. The highest BCUT2D eigenvalue weighted by Gasteiger charge is 2.37. The molecular weight excluding hydrogens is 459 g/mol. The summed E-state index contributed by atoms with van der Waals surface area (Å²) in [7, 11) is 0. The predicted octanol–water partition coefficient (Wildman–Crippen LogP) is 2.99. The van der Waals surface area contributed by atoms with Gasteiger partial charge in [-0.15, -0.1) is 11.3 Å². The topological polar surface area (TPSA) is 90.9 Å². The summed E-state index contributed by atoms with van der Waals surface area (Å²) in [5, 5.41) is 15.3. The zero-order valence-corrected chi connectivity index (χ0v) is 17.6. The quantitative estimate of drug-likeness (QED) is 0.570. The van der Waals surface area contributed by atoms with Crippen LogP contribution >= 0.6 is 22.9 Å². The summed E-state index contributed by atoms with van der Waals surface area (Å²) in [5.41, 5.74) is -1.09. The Morgan fingerprint density at radius 2 is 2.06 bits per heavy atom. The molecule has 1 fully saturated rings. The Morgan fingerprint density at radius 3 is 2.71 bits per heavy atom. The number of amides is 2. The number of carbonyl (C=O) groups is 2. The Balaban J connectivity index is 1.62. The van der Waals surface area contributed by atoms with Crippen LogP contribution in [0.4, 0.5) is 24.5 Å². The number of halogens is 4. The summed E-state index contributed by atoms with van der Waals surface area (Å²) in [5.74, 6) is -0.953. The normalized spacial score (nSPS) is 15.6. The molecule has 1 saturated heterocycles. The van der Waals surface area contributed by atoms with E-state index in [2.05, 4.69) is 10.6 Å². The molecule has 0 aliphatic carbocycles. The standard InChI is InChI=1S/C19H19ClF3N3O4S/c20-16-4-3-15(31-16)18(29)25-9-12(27)8-24-11-1-2-14(13(7-11)19(21,22)23)26-5-6-30-10-17(26)28/h1-4,7,12,24,27H,5-6,8-10H2,(H,25,29). The van der Waals surface area contributed by atoms with Crippen molar-refractivity contribution in [1.29, 1.82) is 0 Å². The molecule has 168 valence electrons. The lowest BCUT2D eigenvalue weighted by atomic mass is 10.1. The van der Waals surface area contributed by atoms with Gasteiger partial charge < -0.3 is 25.4 Å². The van der Waals surface area contributed by atoms with Gasteiger partial charge >= 0.3 is 6.18 Å². The number of aliphatic hydroxyl groups excluding tert-OH is 1. The van der Waals surface area contributed by atoms with Crippen molar-refractivity contribution < 1.29 is 32.6 Å². The molecule has 2 heterocycles. The predicted molar refractivity (Wildman–Crippen MR) is 111 cm³/mol. The second kappa shape index (κ2) is 9.86. The number of anilines is 2. The number of carbonyl (C=O) groups excluding carboxylic acids is 2. The molecule has 0 radical (unpaired) electrons. The molecule has 0 spiro atoms. The molecule has 3 rings (SSSR count). The Kier molecular flexibility index (Phi) is 7.42. The highest BCUT2D eigenvalue weighted by atomic mass is 35.5. The van der Waals surface area contributed by atoms with Crippen LogP contribution in [0, 0.1) is 0 Å². The Morgan fingerprint density at radius 1 is 1.29 bits per heavy atom. The number of thiophene rings is 1. The third kappa shape index (κ3) is 6.10. The summed E-state index contributed by atoms with van der Waals surface area (Å²) in [6.07, 6.45) is -5.73. The average Bonchev–Trinajstić information content (AvgIpc) is 3.16. The van der Waals surface area contributed by atoms with Gasteiger partial charge in [-0.25, -0.2) is 0 Å². The first-order valence-electron chi connectivity index (χ1n) is 9.20. The van der Waals surface area contributed by atoms with Gasteiger partial charge in [-0.1, -0.05) is 11.6 Å². The number of benzene rings is 1. The van der Waals surface area contributed by atoms with E-state index in [1.807, 2.05) is 0 Å².